The van der Waals surface area contributed by atoms with Crippen LogP contribution in [0.25, 0.3) is 22.8 Å². The molecule has 2 unspecified atom stereocenters. The van der Waals surface area contributed by atoms with Crippen molar-refractivity contribution in [1.29, 1.82) is 0 Å². The monoisotopic (exact) mass is 537 g/mol. The smallest absolute Gasteiger partial charge is 0.226 e. The highest BCUT2D eigenvalue weighted by Crippen LogP contribution is 2.33. The van der Waals surface area contributed by atoms with Crippen LogP contribution in [0, 0.1) is 5.92 Å². The predicted molar refractivity (Wildman–Crippen MR) is 147 cm³/mol. The maximum absolute atomic E-state index is 13.9. The number of carbonyl (C=O) groups is 1. The van der Waals surface area contributed by atoms with Crippen LogP contribution in [-0.2, 0) is 16.1 Å². The third kappa shape index (κ3) is 5.86. The van der Waals surface area contributed by atoms with Gasteiger partial charge in [0, 0.05) is 49.1 Å². The summed E-state index contributed by atoms with van der Waals surface area (Å²) < 4.78 is 12.9. The van der Waals surface area contributed by atoms with E-state index in [1.807, 2.05) is 35.0 Å². The molecule has 2 saturated carbocycles. The molecule has 2 fully saturated rings. The Morgan fingerprint density at radius 3 is 2.55 bits per heavy atom. The summed E-state index contributed by atoms with van der Waals surface area (Å²) >= 11 is 6.47. The van der Waals surface area contributed by atoms with Gasteiger partial charge in [0.1, 0.15) is 5.75 Å². The van der Waals surface area contributed by atoms with Crippen LogP contribution in [0.3, 0.4) is 0 Å². The topological polar surface area (TPSA) is 82.4 Å². The molecular formula is C29H36ClN5O3. The molecular weight excluding hydrogens is 502 g/mol. The average molecular weight is 538 g/mol. The van der Waals surface area contributed by atoms with Crippen LogP contribution in [0.4, 0.5) is 0 Å². The first-order valence-electron chi connectivity index (χ1n) is 13.6. The highest BCUT2D eigenvalue weighted by molar-refractivity contribution is 6.32. The number of nitrogens with zero attached hydrogens (tertiary/aromatic N) is 5. The van der Waals surface area contributed by atoms with E-state index >= 15 is 0 Å². The van der Waals surface area contributed by atoms with Gasteiger partial charge in [0.15, 0.2) is 11.6 Å². The number of hydrogen-bond acceptors (Lipinski definition) is 6. The van der Waals surface area contributed by atoms with Gasteiger partial charge in [-0.15, -0.1) is 0 Å². The lowest BCUT2D eigenvalue weighted by atomic mass is 9.86. The van der Waals surface area contributed by atoms with Crippen molar-refractivity contribution in [2.75, 3.05) is 20.8 Å². The van der Waals surface area contributed by atoms with Crippen LogP contribution in [0.5, 0.6) is 5.75 Å². The van der Waals surface area contributed by atoms with Gasteiger partial charge in [-0.05, 0) is 62.4 Å². The fourth-order valence-electron chi connectivity index (χ4n) is 5.85. The van der Waals surface area contributed by atoms with Gasteiger partial charge in [0.05, 0.1) is 24.8 Å². The molecule has 2 aliphatic carbocycles. The molecule has 1 aromatic carbocycles. The van der Waals surface area contributed by atoms with E-state index < -0.39 is 0 Å². The second-order valence-electron chi connectivity index (χ2n) is 10.3. The number of carbonyl (C=O) groups excluding carboxylic acids is 1. The van der Waals surface area contributed by atoms with E-state index in [9.17, 15) is 4.79 Å². The van der Waals surface area contributed by atoms with Gasteiger partial charge in [0.2, 0.25) is 5.91 Å². The largest absolute Gasteiger partial charge is 0.495 e. The molecule has 38 heavy (non-hydrogen) atoms. The molecule has 0 aliphatic heterocycles. The van der Waals surface area contributed by atoms with Crippen molar-refractivity contribution in [3.63, 3.8) is 0 Å². The molecule has 202 valence electrons. The number of aromatic nitrogens is 4. The summed E-state index contributed by atoms with van der Waals surface area (Å²) in [6.45, 7) is 1.13. The lowest BCUT2D eigenvalue weighted by Crippen LogP contribution is -2.45. The molecule has 0 bridgehead atoms. The maximum atomic E-state index is 13.9. The molecule has 0 spiro atoms. The number of benzene rings is 1. The van der Waals surface area contributed by atoms with Gasteiger partial charge in [-0.3, -0.25) is 9.78 Å². The molecule has 0 N–H and O–H groups in total. The summed E-state index contributed by atoms with van der Waals surface area (Å²) in [6.07, 6.45) is 11.9. The molecule has 3 aromatic rings. The highest BCUT2D eigenvalue weighted by Gasteiger charge is 2.34. The normalized spacial score (nSPS) is 20.0. The van der Waals surface area contributed by atoms with E-state index in [-0.39, 0.29) is 24.0 Å². The molecule has 8 nitrogen and oxygen atoms in total. The summed E-state index contributed by atoms with van der Waals surface area (Å²) in [4.78, 5) is 25.0. The molecule has 2 aliphatic rings. The van der Waals surface area contributed by atoms with E-state index in [0.29, 0.717) is 35.5 Å². The molecule has 9 heteroatoms. The second kappa shape index (κ2) is 12.3. The Labute approximate surface area is 229 Å². The van der Waals surface area contributed by atoms with Crippen molar-refractivity contribution in [3.05, 3.63) is 47.7 Å². The van der Waals surface area contributed by atoms with Crippen LogP contribution in [0.15, 0.2) is 42.7 Å². The summed E-state index contributed by atoms with van der Waals surface area (Å²) in [5, 5.41) is 5.38. The third-order valence-electron chi connectivity index (χ3n) is 7.93. The zero-order valence-electron chi connectivity index (χ0n) is 22.2. The van der Waals surface area contributed by atoms with Crippen LogP contribution < -0.4 is 4.74 Å². The first-order chi connectivity index (χ1) is 18.6. The van der Waals surface area contributed by atoms with Crippen molar-refractivity contribution in [1.82, 2.24) is 24.6 Å². The maximum Gasteiger partial charge on any atom is 0.226 e. The van der Waals surface area contributed by atoms with Crippen LogP contribution in [-0.4, -0.2) is 63.5 Å². The number of amides is 1. The van der Waals surface area contributed by atoms with Crippen molar-refractivity contribution >= 4 is 17.5 Å². The molecule has 1 amide bonds. The van der Waals surface area contributed by atoms with Gasteiger partial charge in [-0.2, -0.15) is 5.10 Å². The number of rotatable bonds is 9. The summed E-state index contributed by atoms with van der Waals surface area (Å²) in [7, 11) is 3.35. The van der Waals surface area contributed by atoms with E-state index in [0.717, 1.165) is 49.7 Å². The minimum Gasteiger partial charge on any atom is -0.495 e. The summed E-state index contributed by atoms with van der Waals surface area (Å²) in [5.74, 6) is 2.22. The predicted octanol–water partition coefficient (Wildman–Crippen LogP) is 5.65. The van der Waals surface area contributed by atoms with Gasteiger partial charge in [0.25, 0.3) is 0 Å². The zero-order chi connectivity index (χ0) is 26.5. The average Bonchev–Trinajstić information content (AvgIpc) is 3.64. The zero-order valence-corrected chi connectivity index (χ0v) is 22.9. The minimum atomic E-state index is 0.0253. The van der Waals surface area contributed by atoms with Crippen molar-refractivity contribution in [3.8, 4) is 28.5 Å². The van der Waals surface area contributed by atoms with E-state index in [1.54, 1.807) is 26.6 Å². The molecule has 2 atom stereocenters. The Kier molecular flexibility index (Phi) is 8.59. The number of pyridine rings is 1. The lowest BCUT2D eigenvalue weighted by Gasteiger charge is -2.35. The quantitative estimate of drug-likeness (QED) is 0.351. The van der Waals surface area contributed by atoms with Crippen LogP contribution >= 0.6 is 11.6 Å². The summed E-state index contributed by atoms with van der Waals surface area (Å²) in [6, 6.07) is 9.71. The molecule has 0 saturated heterocycles. The van der Waals surface area contributed by atoms with Gasteiger partial charge < -0.3 is 14.4 Å². The fourth-order valence-corrected chi connectivity index (χ4v) is 6.11. The minimum absolute atomic E-state index is 0.0253. The Balaban J connectivity index is 1.43. The molecule has 0 radical (unpaired) electrons. The van der Waals surface area contributed by atoms with Crippen LogP contribution in [0.2, 0.25) is 5.02 Å². The van der Waals surface area contributed by atoms with Gasteiger partial charge >= 0.3 is 0 Å². The molecule has 2 aromatic heterocycles. The van der Waals surface area contributed by atoms with Gasteiger partial charge in [-0.25, -0.2) is 9.67 Å². The van der Waals surface area contributed by atoms with E-state index in [4.69, 9.17) is 31.2 Å². The first-order valence-corrected chi connectivity index (χ1v) is 14.0. The number of hydrogen-bond donors (Lipinski definition) is 0. The summed E-state index contributed by atoms with van der Waals surface area (Å²) in [5.41, 5.74) is 1.73. The van der Waals surface area contributed by atoms with Gasteiger partial charge in [-0.1, -0.05) is 30.9 Å². The molecule has 5 rings (SSSR count). The molecule has 2 heterocycles. The lowest BCUT2D eigenvalue weighted by molar-refractivity contribution is -0.140. The Morgan fingerprint density at radius 2 is 1.84 bits per heavy atom. The van der Waals surface area contributed by atoms with Crippen LogP contribution in [0.1, 0.15) is 51.4 Å². The highest BCUT2D eigenvalue weighted by atomic mass is 35.5. The standard InChI is InChI=1S/C29H36ClN5O3/c1-37-24-9-5-6-22(18-24)29(36)34(23-7-3-4-8-23)16-17-35-28(21-10-11-26(38-2)25(30)19-21)32-27(33-35)20-12-14-31-15-13-20/h10-15,19,22-24H,3-9,16-18H2,1-2H3. The fraction of sp³-hybridized carbons (Fsp3) is 0.517. The third-order valence-corrected chi connectivity index (χ3v) is 8.23. The number of halogens is 1. The second-order valence-corrected chi connectivity index (χ2v) is 10.7. The van der Waals surface area contributed by atoms with Crippen molar-refractivity contribution in [2.24, 2.45) is 5.92 Å². The number of ether oxygens (including phenoxy) is 2. The Bertz CT molecular complexity index is 1230. The van der Waals surface area contributed by atoms with E-state index in [2.05, 4.69) is 9.88 Å². The van der Waals surface area contributed by atoms with E-state index in [1.165, 1.54) is 12.8 Å². The first kappa shape index (κ1) is 26.6. The Morgan fingerprint density at radius 1 is 1.05 bits per heavy atom. The van der Waals surface area contributed by atoms with Crippen molar-refractivity contribution in [2.45, 2.75) is 70.1 Å². The Hall–Kier alpha value is -2.97. The SMILES string of the molecule is COc1ccc(-c2nc(-c3ccncc3)nn2CCN(C(=O)C2CCCC(OC)C2)C2CCCC2)cc1Cl. The van der Waals surface area contributed by atoms with Crippen molar-refractivity contribution < 1.29 is 14.3 Å². The number of methoxy groups -OCH3 is 2.